The number of nitrogens with zero attached hydrogens (tertiary/aromatic N) is 2. The summed E-state index contributed by atoms with van der Waals surface area (Å²) in [5.74, 6) is 0.740. The summed E-state index contributed by atoms with van der Waals surface area (Å²) in [6.07, 6.45) is 0. The standard InChI is InChI=1S/C19H20N4O2S2/c1-13(17(24)20-12-14-7-4-3-5-8-14)26-19-23-22-18(27-19)21-15-9-6-10-16(11-15)25-2/h3-11,13H,12H2,1-2H3,(H,20,24)(H,21,22)/t13-/m1/s1. The van der Waals surface area contributed by atoms with E-state index < -0.39 is 0 Å². The zero-order chi connectivity index (χ0) is 19.1. The van der Waals surface area contributed by atoms with Crippen molar-refractivity contribution in [3.8, 4) is 5.75 Å². The zero-order valence-electron chi connectivity index (χ0n) is 15.0. The molecular weight excluding hydrogens is 380 g/mol. The molecule has 0 spiro atoms. The monoisotopic (exact) mass is 400 g/mol. The van der Waals surface area contributed by atoms with Crippen LogP contribution < -0.4 is 15.4 Å². The molecule has 0 aliphatic rings. The molecule has 2 aromatic carbocycles. The number of hydrogen-bond donors (Lipinski definition) is 2. The zero-order valence-corrected chi connectivity index (χ0v) is 16.6. The van der Waals surface area contributed by atoms with Crippen LogP contribution in [0.3, 0.4) is 0 Å². The largest absolute Gasteiger partial charge is 0.497 e. The normalized spacial score (nSPS) is 11.6. The maximum atomic E-state index is 12.3. The molecule has 1 amide bonds. The van der Waals surface area contributed by atoms with Crippen molar-refractivity contribution in [2.24, 2.45) is 0 Å². The van der Waals surface area contributed by atoms with Gasteiger partial charge >= 0.3 is 0 Å². The number of anilines is 2. The smallest absolute Gasteiger partial charge is 0.233 e. The Morgan fingerprint density at radius 3 is 2.78 bits per heavy atom. The van der Waals surface area contributed by atoms with E-state index >= 15 is 0 Å². The van der Waals surface area contributed by atoms with Crippen molar-refractivity contribution in [3.05, 3.63) is 60.2 Å². The number of hydrogen-bond acceptors (Lipinski definition) is 7. The third kappa shape index (κ3) is 5.70. The van der Waals surface area contributed by atoms with Gasteiger partial charge in [0.2, 0.25) is 11.0 Å². The first-order chi connectivity index (χ1) is 13.1. The molecule has 0 radical (unpaired) electrons. The number of carbonyl (C=O) groups excluding carboxylic acids is 1. The number of amides is 1. The first kappa shape index (κ1) is 19.2. The molecule has 0 saturated carbocycles. The van der Waals surface area contributed by atoms with Gasteiger partial charge in [-0.2, -0.15) is 0 Å². The Bertz CT molecular complexity index is 886. The van der Waals surface area contributed by atoms with Gasteiger partial charge < -0.3 is 15.4 Å². The van der Waals surface area contributed by atoms with Gasteiger partial charge in [0.15, 0.2) is 4.34 Å². The topological polar surface area (TPSA) is 76.1 Å². The molecule has 8 heteroatoms. The predicted molar refractivity (Wildman–Crippen MR) is 110 cm³/mol. The summed E-state index contributed by atoms with van der Waals surface area (Å²) in [5, 5.41) is 14.8. The van der Waals surface area contributed by atoms with Crippen LogP contribution in [0.1, 0.15) is 12.5 Å². The van der Waals surface area contributed by atoms with Gasteiger partial charge in [0, 0.05) is 18.3 Å². The van der Waals surface area contributed by atoms with Crippen LogP contribution in [0.15, 0.2) is 58.9 Å². The van der Waals surface area contributed by atoms with E-state index in [0.29, 0.717) is 11.7 Å². The van der Waals surface area contributed by atoms with Crippen LogP contribution in [0.5, 0.6) is 5.75 Å². The minimum atomic E-state index is -0.258. The van der Waals surface area contributed by atoms with Gasteiger partial charge in [-0.15, -0.1) is 10.2 Å². The lowest BCUT2D eigenvalue weighted by atomic mass is 10.2. The summed E-state index contributed by atoms with van der Waals surface area (Å²) in [5.41, 5.74) is 1.94. The maximum absolute atomic E-state index is 12.3. The third-order valence-electron chi connectivity index (χ3n) is 3.68. The molecular formula is C19H20N4O2S2. The fraction of sp³-hybridized carbons (Fsp3) is 0.211. The maximum Gasteiger partial charge on any atom is 0.233 e. The highest BCUT2D eigenvalue weighted by Gasteiger charge is 2.17. The van der Waals surface area contributed by atoms with E-state index in [1.807, 2.05) is 61.5 Å². The first-order valence-corrected chi connectivity index (χ1v) is 10.1. The van der Waals surface area contributed by atoms with Crippen molar-refractivity contribution in [3.63, 3.8) is 0 Å². The van der Waals surface area contributed by atoms with E-state index in [0.717, 1.165) is 21.3 Å². The van der Waals surface area contributed by atoms with Gasteiger partial charge in [0.05, 0.1) is 12.4 Å². The molecule has 2 N–H and O–H groups in total. The molecule has 0 bridgehead atoms. The molecule has 3 rings (SSSR count). The lowest BCUT2D eigenvalue weighted by Crippen LogP contribution is -2.30. The predicted octanol–water partition coefficient (Wildman–Crippen LogP) is 4.09. The van der Waals surface area contributed by atoms with Crippen molar-refractivity contribution < 1.29 is 9.53 Å². The molecule has 1 heterocycles. The highest BCUT2D eigenvalue weighted by atomic mass is 32.2. The average Bonchev–Trinajstić information content (AvgIpc) is 3.13. The average molecular weight is 401 g/mol. The molecule has 6 nitrogen and oxygen atoms in total. The van der Waals surface area contributed by atoms with Crippen LogP contribution in [0, 0.1) is 0 Å². The first-order valence-electron chi connectivity index (χ1n) is 8.37. The van der Waals surface area contributed by atoms with E-state index in [9.17, 15) is 4.79 Å². The van der Waals surface area contributed by atoms with Gasteiger partial charge in [-0.3, -0.25) is 4.79 Å². The molecule has 140 valence electrons. The van der Waals surface area contributed by atoms with Crippen molar-refractivity contribution >= 4 is 39.8 Å². The number of benzene rings is 2. The number of methoxy groups -OCH3 is 1. The van der Waals surface area contributed by atoms with Gasteiger partial charge in [-0.05, 0) is 24.6 Å². The summed E-state index contributed by atoms with van der Waals surface area (Å²) < 4.78 is 5.95. The highest BCUT2D eigenvalue weighted by molar-refractivity contribution is 8.02. The molecule has 1 atom stereocenters. The van der Waals surface area contributed by atoms with E-state index in [4.69, 9.17) is 4.74 Å². The number of thioether (sulfide) groups is 1. The molecule has 27 heavy (non-hydrogen) atoms. The second kappa shape index (κ2) is 9.38. The molecule has 0 aliphatic heterocycles. The minimum Gasteiger partial charge on any atom is -0.497 e. The van der Waals surface area contributed by atoms with Crippen LogP contribution in [0.2, 0.25) is 0 Å². The lowest BCUT2D eigenvalue weighted by Gasteiger charge is -2.10. The Morgan fingerprint density at radius 2 is 2.00 bits per heavy atom. The molecule has 3 aromatic rings. The van der Waals surface area contributed by atoms with Gasteiger partial charge in [0.25, 0.3) is 0 Å². The van der Waals surface area contributed by atoms with Crippen molar-refractivity contribution in [2.45, 2.75) is 23.1 Å². The fourth-order valence-corrected chi connectivity index (χ4v) is 4.21. The summed E-state index contributed by atoms with van der Waals surface area (Å²) in [6, 6.07) is 17.4. The van der Waals surface area contributed by atoms with Gasteiger partial charge in [0.1, 0.15) is 5.75 Å². The van der Waals surface area contributed by atoms with Crippen molar-refractivity contribution in [1.29, 1.82) is 0 Å². The Kier molecular flexibility index (Phi) is 6.67. The van der Waals surface area contributed by atoms with Crippen LogP contribution in [0.25, 0.3) is 0 Å². The quantitative estimate of drug-likeness (QED) is 0.555. The molecule has 0 unspecified atom stereocenters. The third-order valence-corrected chi connectivity index (χ3v) is 5.71. The fourth-order valence-electron chi connectivity index (χ4n) is 2.27. The lowest BCUT2D eigenvalue weighted by molar-refractivity contribution is -0.120. The second-order valence-electron chi connectivity index (χ2n) is 5.69. The Balaban J connectivity index is 1.52. The van der Waals surface area contributed by atoms with Crippen LogP contribution in [-0.4, -0.2) is 28.5 Å². The van der Waals surface area contributed by atoms with Crippen LogP contribution in [0.4, 0.5) is 10.8 Å². The number of aromatic nitrogens is 2. The minimum absolute atomic E-state index is 0.0265. The summed E-state index contributed by atoms with van der Waals surface area (Å²) in [4.78, 5) is 12.3. The Labute approximate surface area is 166 Å². The van der Waals surface area contributed by atoms with E-state index in [1.54, 1.807) is 7.11 Å². The Morgan fingerprint density at radius 1 is 1.19 bits per heavy atom. The van der Waals surface area contributed by atoms with Gasteiger partial charge in [-0.25, -0.2) is 0 Å². The SMILES string of the molecule is COc1cccc(Nc2nnc(S[C@H](C)C(=O)NCc3ccccc3)s2)c1. The van der Waals surface area contributed by atoms with Crippen molar-refractivity contribution in [2.75, 3.05) is 12.4 Å². The molecule has 0 fully saturated rings. The molecule has 0 aliphatic carbocycles. The molecule has 1 aromatic heterocycles. The number of nitrogens with one attached hydrogen (secondary N) is 2. The number of carbonyl (C=O) groups is 1. The summed E-state index contributed by atoms with van der Waals surface area (Å²) >= 11 is 2.80. The van der Waals surface area contributed by atoms with E-state index in [-0.39, 0.29) is 11.2 Å². The summed E-state index contributed by atoms with van der Waals surface area (Å²) in [6.45, 7) is 2.38. The van der Waals surface area contributed by atoms with E-state index in [2.05, 4.69) is 20.8 Å². The summed E-state index contributed by atoms with van der Waals surface area (Å²) in [7, 11) is 1.63. The Hall–Kier alpha value is -2.58. The van der Waals surface area contributed by atoms with Crippen molar-refractivity contribution in [1.82, 2.24) is 15.5 Å². The molecule has 0 saturated heterocycles. The second-order valence-corrected chi connectivity index (χ2v) is 8.26. The van der Waals surface area contributed by atoms with Crippen LogP contribution in [-0.2, 0) is 11.3 Å². The van der Waals surface area contributed by atoms with E-state index in [1.165, 1.54) is 23.1 Å². The number of rotatable bonds is 8. The highest BCUT2D eigenvalue weighted by Crippen LogP contribution is 2.31. The number of ether oxygens (including phenoxy) is 1. The van der Waals surface area contributed by atoms with Gasteiger partial charge in [-0.1, -0.05) is 59.5 Å². The van der Waals surface area contributed by atoms with Crippen LogP contribution >= 0.6 is 23.1 Å².